The van der Waals surface area contributed by atoms with Crippen LogP contribution in [0.1, 0.15) is 34.1 Å². The molecule has 1 unspecified atom stereocenters. The standard InChI is InChI=1S/C22H19BrN4O2/c1-24-22(28)21-12-18(9-10-25-21)29-17-7-5-14(6-8-17)19-13-20(27-26-19)15-3-2-4-16(23)11-15/h2-12,20,27H,13H2,1H3,(H,24,28). The molecular formula is C22H19BrN4O2. The van der Waals surface area contributed by atoms with Gasteiger partial charge in [0.25, 0.3) is 5.91 Å². The molecule has 1 atom stereocenters. The van der Waals surface area contributed by atoms with Gasteiger partial charge in [-0.25, -0.2) is 0 Å². The highest BCUT2D eigenvalue weighted by Crippen LogP contribution is 2.28. The summed E-state index contributed by atoms with van der Waals surface area (Å²) in [6.07, 6.45) is 2.37. The van der Waals surface area contributed by atoms with E-state index >= 15 is 0 Å². The molecule has 2 heterocycles. The minimum atomic E-state index is -0.252. The normalized spacial score (nSPS) is 15.4. The lowest BCUT2D eigenvalue weighted by molar-refractivity contribution is 0.0958. The molecule has 1 aliphatic rings. The molecule has 146 valence electrons. The number of aromatic nitrogens is 1. The van der Waals surface area contributed by atoms with Gasteiger partial charge in [0.15, 0.2) is 0 Å². The van der Waals surface area contributed by atoms with Crippen LogP contribution in [0.25, 0.3) is 0 Å². The second-order valence-electron chi connectivity index (χ2n) is 6.58. The summed E-state index contributed by atoms with van der Waals surface area (Å²) in [5.41, 5.74) is 6.78. The van der Waals surface area contributed by atoms with Crippen LogP contribution in [-0.4, -0.2) is 23.7 Å². The lowest BCUT2D eigenvalue weighted by Gasteiger charge is -2.10. The number of nitrogens with one attached hydrogen (secondary N) is 2. The second-order valence-corrected chi connectivity index (χ2v) is 7.50. The van der Waals surface area contributed by atoms with Gasteiger partial charge in [-0.2, -0.15) is 5.10 Å². The van der Waals surface area contributed by atoms with E-state index in [1.54, 1.807) is 25.4 Å². The number of hydrazone groups is 1. The first-order chi connectivity index (χ1) is 14.1. The van der Waals surface area contributed by atoms with Crippen LogP contribution >= 0.6 is 15.9 Å². The summed E-state index contributed by atoms with van der Waals surface area (Å²) >= 11 is 3.52. The lowest BCUT2D eigenvalue weighted by Crippen LogP contribution is -2.18. The molecule has 1 amide bonds. The Morgan fingerprint density at radius 1 is 1.14 bits per heavy atom. The molecule has 0 spiro atoms. The molecule has 0 aliphatic carbocycles. The Bertz CT molecular complexity index is 1070. The zero-order chi connectivity index (χ0) is 20.2. The van der Waals surface area contributed by atoms with Crippen LogP contribution in [0.15, 0.2) is 76.4 Å². The summed E-state index contributed by atoms with van der Waals surface area (Å²) in [6, 6.07) is 19.5. The van der Waals surface area contributed by atoms with Crippen molar-refractivity contribution in [2.75, 3.05) is 7.05 Å². The Hall–Kier alpha value is -3.19. The average Bonchev–Trinajstić information content (AvgIpc) is 3.24. The van der Waals surface area contributed by atoms with Crippen molar-refractivity contribution in [1.29, 1.82) is 0 Å². The molecule has 2 N–H and O–H groups in total. The van der Waals surface area contributed by atoms with Crippen molar-refractivity contribution in [1.82, 2.24) is 15.7 Å². The predicted molar refractivity (Wildman–Crippen MR) is 115 cm³/mol. The number of benzene rings is 2. The molecule has 2 aromatic carbocycles. The van der Waals surface area contributed by atoms with Gasteiger partial charge in [-0.1, -0.05) is 28.1 Å². The number of carbonyl (C=O) groups excluding carboxylic acids is 1. The topological polar surface area (TPSA) is 75.6 Å². The van der Waals surface area contributed by atoms with Gasteiger partial charge >= 0.3 is 0 Å². The number of carbonyl (C=O) groups is 1. The Labute approximate surface area is 177 Å². The van der Waals surface area contributed by atoms with Crippen LogP contribution in [0.4, 0.5) is 0 Å². The highest BCUT2D eigenvalue weighted by molar-refractivity contribution is 9.10. The molecule has 0 saturated heterocycles. The molecule has 0 saturated carbocycles. The lowest BCUT2D eigenvalue weighted by atomic mass is 9.99. The van der Waals surface area contributed by atoms with Crippen molar-refractivity contribution < 1.29 is 9.53 Å². The molecule has 3 aromatic rings. The van der Waals surface area contributed by atoms with Crippen molar-refractivity contribution in [3.8, 4) is 11.5 Å². The van der Waals surface area contributed by atoms with Crippen molar-refractivity contribution in [2.45, 2.75) is 12.5 Å². The molecule has 1 aromatic heterocycles. The van der Waals surface area contributed by atoms with Gasteiger partial charge < -0.3 is 15.5 Å². The van der Waals surface area contributed by atoms with Gasteiger partial charge in [0, 0.05) is 30.2 Å². The third-order valence-corrected chi connectivity index (χ3v) is 5.11. The molecule has 0 radical (unpaired) electrons. The summed E-state index contributed by atoms with van der Waals surface area (Å²) in [6.45, 7) is 0. The summed E-state index contributed by atoms with van der Waals surface area (Å²) in [4.78, 5) is 15.7. The molecule has 29 heavy (non-hydrogen) atoms. The van der Waals surface area contributed by atoms with E-state index in [9.17, 15) is 4.79 Å². The van der Waals surface area contributed by atoms with Crippen LogP contribution in [-0.2, 0) is 0 Å². The first-order valence-electron chi connectivity index (χ1n) is 9.16. The number of nitrogens with zero attached hydrogens (tertiary/aromatic N) is 2. The van der Waals surface area contributed by atoms with Crippen LogP contribution < -0.4 is 15.5 Å². The fraction of sp³-hybridized carbons (Fsp3) is 0.136. The van der Waals surface area contributed by atoms with Crippen molar-refractivity contribution in [3.05, 3.63) is 88.2 Å². The predicted octanol–water partition coefficient (Wildman–Crippen LogP) is 4.43. The molecule has 0 bridgehead atoms. The molecule has 0 fully saturated rings. The number of rotatable bonds is 5. The van der Waals surface area contributed by atoms with E-state index in [-0.39, 0.29) is 11.9 Å². The third-order valence-electron chi connectivity index (χ3n) is 4.62. The van der Waals surface area contributed by atoms with E-state index in [1.807, 2.05) is 36.4 Å². The Morgan fingerprint density at radius 3 is 2.72 bits per heavy atom. The van der Waals surface area contributed by atoms with Crippen molar-refractivity contribution in [2.24, 2.45) is 5.10 Å². The first kappa shape index (κ1) is 19.1. The zero-order valence-corrected chi connectivity index (χ0v) is 17.3. The summed E-state index contributed by atoms with van der Waals surface area (Å²) < 4.78 is 6.91. The SMILES string of the molecule is CNC(=O)c1cc(Oc2ccc(C3=NNC(c4cccc(Br)c4)C3)cc2)ccn1. The summed E-state index contributed by atoms with van der Waals surface area (Å²) in [5.74, 6) is 0.983. The third kappa shape index (κ3) is 4.46. The van der Waals surface area contributed by atoms with Crippen LogP contribution in [0.2, 0.25) is 0 Å². The van der Waals surface area contributed by atoms with E-state index in [2.05, 4.69) is 48.9 Å². The quantitative estimate of drug-likeness (QED) is 0.602. The number of amides is 1. The minimum absolute atomic E-state index is 0.165. The van der Waals surface area contributed by atoms with Crippen LogP contribution in [0.5, 0.6) is 11.5 Å². The van der Waals surface area contributed by atoms with Crippen LogP contribution in [0.3, 0.4) is 0 Å². The minimum Gasteiger partial charge on any atom is -0.457 e. The maximum absolute atomic E-state index is 11.7. The van der Waals surface area contributed by atoms with Gasteiger partial charge in [0.1, 0.15) is 17.2 Å². The van der Waals surface area contributed by atoms with E-state index in [0.717, 1.165) is 22.2 Å². The number of halogens is 1. The second kappa shape index (κ2) is 8.45. The largest absolute Gasteiger partial charge is 0.457 e. The van der Waals surface area contributed by atoms with Crippen molar-refractivity contribution >= 4 is 27.5 Å². The Kier molecular flexibility index (Phi) is 5.57. The fourth-order valence-corrected chi connectivity index (χ4v) is 3.53. The Morgan fingerprint density at radius 2 is 1.97 bits per heavy atom. The van der Waals surface area contributed by atoms with E-state index in [4.69, 9.17) is 4.74 Å². The molecule has 4 rings (SSSR count). The Balaban J connectivity index is 1.43. The monoisotopic (exact) mass is 450 g/mol. The number of ether oxygens (including phenoxy) is 1. The van der Waals surface area contributed by atoms with E-state index in [1.165, 1.54) is 5.56 Å². The number of hydrogen-bond donors (Lipinski definition) is 2. The molecule has 7 heteroatoms. The molecule has 6 nitrogen and oxygen atoms in total. The summed E-state index contributed by atoms with van der Waals surface area (Å²) in [5, 5.41) is 7.06. The first-order valence-corrected chi connectivity index (χ1v) is 9.95. The van der Waals surface area contributed by atoms with E-state index in [0.29, 0.717) is 17.2 Å². The maximum Gasteiger partial charge on any atom is 0.269 e. The van der Waals surface area contributed by atoms with Crippen molar-refractivity contribution in [3.63, 3.8) is 0 Å². The average molecular weight is 451 g/mol. The smallest absolute Gasteiger partial charge is 0.269 e. The maximum atomic E-state index is 11.7. The fourth-order valence-electron chi connectivity index (χ4n) is 3.12. The molecular weight excluding hydrogens is 432 g/mol. The summed E-state index contributed by atoms with van der Waals surface area (Å²) in [7, 11) is 1.57. The van der Waals surface area contributed by atoms with Gasteiger partial charge in [-0.3, -0.25) is 9.78 Å². The zero-order valence-electron chi connectivity index (χ0n) is 15.7. The van der Waals surface area contributed by atoms with Gasteiger partial charge in [0.05, 0.1) is 11.8 Å². The van der Waals surface area contributed by atoms with E-state index < -0.39 is 0 Å². The number of pyridine rings is 1. The highest BCUT2D eigenvalue weighted by Gasteiger charge is 2.21. The highest BCUT2D eigenvalue weighted by atomic mass is 79.9. The number of hydrogen-bond acceptors (Lipinski definition) is 5. The van der Waals surface area contributed by atoms with Crippen LogP contribution in [0, 0.1) is 0 Å². The van der Waals surface area contributed by atoms with Gasteiger partial charge in [-0.05, 0) is 53.6 Å². The van der Waals surface area contributed by atoms with Gasteiger partial charge in [0.2, 0.25) is 0 Å². The molecule has 1 aliphatic heterocycles. The van der Waals surface area contributed by atoms with Gasteiger partial charge in [-0.15, -0.1) is 0 Å².